The summed E-state index contributed by atoms with van der Waals surface area (Å²) in [5, 5.41) is 1.46. The van der Waals surface area contributed by atoms with Crippen molar-refractivity contribution in [2.24, 2.45) is 5.92 Å². The van der Waals surface area contributed by atoms with Gasteiger partial charge in [0.05, 0.1) is 11.1 Å². The van der Waals surface area contributed by atoms with Gasteiger partial charge in [0, 0.05) is 10.6 Å². The number of benzene rings is 2. The number of para-hydroxylation sites is 1. The molecule has 0 N–H and O–H groups in total. The zero-order chi connectivity index (χ0) is 20.7. The van der Waals surface area contributed by atoms with Gasteiger partial charge in [0.25, 0.3) is 5.56 Å². The molecular formula is C24H21FN2OS2. The van der Waals surface area contributed by atoms with E-state index in [1.165, 1.54) is 34.3 Å². The Labute approximate surface area is 182 Å². The lowest BCUT2D eigenvalue weighted by molar-refractivity contribution is 0.509. The van der Waals surface area contributed by atoms with Gasteiger partial charge in [-0.05, 0) is 60.6 Å². The molecule has 152 valence electrons. The van der Waals surface area contributed by atoms with Crippen molar-refractivity contribution in [1.29, 1.82) is 0 Å². The van der Waals surface area contributed by atoms with Gasteiger partial charge in [-0.3, -0.25) is 9.36 Å². The Morgan fingerprint density at radius 1 is 1.17 bits per heavy atom. The van der Waals surface area contributed by atoms with Crippen LogP contribution in [0.4, 0.5) is 4.39 Å². The third-order valence-electron chi connectivity index (χ3n) is 5.59. The Morgan fingerprint density at radius 2 is 1.93 bits per heavy atom. The lowest BCUT2D eigenvalue weighted by Gasteiger charge is -2.17. The van der Waals surface area contributed by atoms with Gasteiger partial charge in [0.2, 0.25) is 0 Å². The molecule has 1 aliphatic carbocycles. The summed E-state index contributed by atoms with van der Waals surface area (Å²) in [6, 6.07) is 16.2. The van der Waals surface area contributed by atoms with Crippen LogP contribution in [-0.4, -0.2) is 9.55 Å². The number of rotatable bonds is 4. The van der Waals surface area contributed by atoms with Crippen LogP contribution in [0.2, 0.25) is 0 Å². The third kappa shape index (κ3) is 3.59. The van der Waals surface area contributed by atoms with Crippen LogP contribution in [0.15, 0.2) is 64.5 Å². The first-order valence-corrected chi connectivity index (χ1v) is 11.9. The van der Waals surface area contributed by atoms with Gasteiger partial charge in [0.15, 0.2) is 5.16 Å². The van der Waals surface area contributed by atoms with Crippen LogP contribution in [0.25, 0.3) is 15.9 Å². The number of aryl methyl sites for hydroxylation is 1. The second kappa shape index (κ2) is 8.00. The number of thioether (sulfide) groups is 1. The molecular weight excluding hydrogens is 415 g/mol. The highest BCUT2D eigenvalue weighted by Gasteiger charge is 2.25. The summed E-state index contributed by atoms with van der Waals surface area (Å²) < 4.78 is 15.0. The maximum absolute atomic E-state index is 13.7. The van der Waals surface area contributed by atoms with E-state index in [-0.39, 0.29) is 11.4 Å². The molecule has 5 rings (SSSR count). The van der Waals surface area contributed by atoms with E-state index in [1.54, 1.807) is 28.0 Å². The van der Waals surface area contributed by atoms with Crippen LogP contribution >= 0.6 is 23.1 Å². The van der Waals surface area contributed by atoms with Crippen molar-refractivity contribution in [1.82, 2.24) is 9.55 Å². The number of halogens is 1. The summed E-state index contributed by atoms with van der Waals surface area (Å²) >= 11 is 3.18. The highest BCUT2D eigenvalue weighted by Crippen LogP contribution is 2.37. The number of nitrogens with zero attached hydrogens (tertiary/aromatic N) is 2. The molecule has 3 nitrogen and oxygen atoms in total. The number of fused-ring (bicyclic) bond motifs is 3. The molecule has 4 aromatic rings. The molecule has 2 aromatic carbocycles. The molecule has 2 aromatic heterocycles. The van der Waals surface area contributed by atoms with Crippen LogP contribution in [0, 0.1) is 11.7 Å². The van der Waals surface area contributed by atoms with Crippen molar-refractivity contribution in [2.75, 3.05) is 0 Å². The number of aromatic nitrogens is 2. The van der Waals surface area contributed by atoms with Crippen LogP contribution < -0.4 is 5.56 Å². The van der Waals surface area contributed by atoms with Crippen LogP contribution in [0.1, 0.15) is 29.3 Å². The monoisotopic (exact) mass is 436 g/mol. The van der Waals surface area contributed by atoms with E-state index in [0.717, 1.165) is 40.7 Å². The van der Waals surface area contributed by atoms with Crippen molar-refractivity contribution in [2.45, 2.75) is 37.1 Å². The maximum atomic E-state index is 13.7. The normalized spacial score (nSPS) is 16.0. The van der Waals surface area contributed by atoms with Gasteiger partial charge < -0.3 is 0 Å². The van der Waals surface area contributed by atoms with Crippen molar-refractivity contribution in [3.63, 3.8) is 0 Å². The lowest BCUT2D eigenvalue weighted by Crippen LogP contribution is -2.22. The summed E-state index contributed by atoms with van der Waals surface area (Å²) in [5.41, 5.74) is 3.03. The first-order valence-electron chi connectivity index (χ1n) is 10.1. The first kappa shape index (κ1) is 19.5. The molecule has 2 heterocycles. The van der Waals surface area contributed by atoms with E-state index in [2.05, 4.69) is 6.92 Å². The molecule has 0 aliphatic heterocycles. The van der Waals surface area contributed by atoms with Crippen molar-refractivity contribution < 1.29 is 4.39 Å². The van der Waals surface area contributed by atoms with Gasteiger partial charge in [-0.25, -0.2) is 9.37 Å². The smallest absolute Gasteiger partial charge is 0.267 e. The highest BCUT2D eigenvalue weighted by atomic mass is 32.2. The molecule has 0 amide bonds. The Hall–Kier alpha value is -2.44. The summed E-state index contributed by atoms with van der Waals surface area (Å²) in [6.45, 7) is 2.27. The van der Waals surface area contributed by atoms with Gasteiger partial charge >= 0.3 is 0 Å². The van der Waals surface area contributed by atoms with Crippen molar-refractivity contribution >= 4 is 33.3 Å². The molecule has 0 unspecified atom stereocenters. The first-order chi connectivity index (χ1) is 14.6. The Morgan fingerprint density at radius 3 is 2.70 bits per heavy atom. The molecule has 0 spiro atoms. The van der Waals surface area contributed by atoms with Crippen LogP contribution in [0.3, 0.4) is 0 Å². The van der Waals surface area contributed by atoms with E-state index in [4.69, 9.17) is 4.98 Å². The molecule has 0 radical (unpaired) electrons. The van der Waals surface area contributed by atoms with Gasteiger partial charge in [0.1, 0.15) is 10.6 Å². The van der Waals surface area contributed by atoms with Crippen molar-refractivity contribution in [3.8, 4) is 5.69 Å². The molecule has 1 atom stereocenters. The molecule has 6 heteroatoms. The zero-order valence-corrected chi connectivity index (χ0v) is 18.2. The quantitative estimate of drug-likeness (QED) is 0.291. The maximum Gasteiger partial charge on any atom is 0.267 e. The molecule has 0 saturated carbocycles. The van der Waals surface area contributed by atoms with Crippen LogP contribution in [-0.2, 0) is 18.6 Å². The Balaban J connectivity index is 1.64. The fourth-order valence-electron chi connectivity index (χ4n) is 4.00. The van der Waals surface area contributed by atoms with E-state index in [1.807, 2.05) is 30.3 Å². The second-order valence-electron chi connectivity index (χ2n) is 7.82. The number of thiophene rings is 1. The Bertz CT molecular complexity index is 1260. The minimum absolute atomic E-state index is 0.0138. The fourth-order valence-corrected chi connectivity index (χ4v) is 6.39. The predicted molar refractivity (Wildman–Crippen MR) is 122 cm³/mol. The van der Waals surface area contributed by atoms with Gasteiger partial charge in [-0.1, -0.05) is 49.0 Å². The minimum Gasteiger partial charge on any atom is -0.268 e. The minimum atomic E-state index is -0.247. The van der Waals surface area contributed by atoms with E-state index in [9.17, 15) is 9.18 Å². The van der Waals surface area contributed by atoms with E-state index in [0.29, 0.717) is 16.8 Å². The van der Waals surface area contributed by atoms with Gasteiger partial charge in [-0.15, -0.1) is 11.3 Å². The largest absolute Gasteiger partial charge is 0.268 e. The Kier molecular flexibility index (Phi) is 5.21. The summed E-state index contributed by atoms with van der Waals surface area (Å²) in [7, 11) is 0. The molecule has 0 saturated heterocycles. The summed E-state index contributed by atoms with van der Waals surface area (Å²) in [5.74, 6) is 1.02. The average molecular weight is 437 g/mol. The standard InChI is InChI=1S/C24H21FN2OS2/c1-15-7-12-19-20(13-15)30-22-21(19)23(28)27(18-5-3-2-4-6-18)24(26-22)29-14-16-8-10-17(25)11-9-16/h2-6,8-11,15H,7,12-14H2,1H3/t15-/m1/s1. The molecule has 30 heavy (non-hydrogen) atoms. The summed E-state index contributed by atoms with van der Waals surface area (Å²) in [4.78, 5) is 20.8. The third-order valence-corrected chi connectivity index (χ3v) is 7.75. The second-order valence-corrected chi connectivity index (χ2v) is 9.84. The fraction of sp³-hybridized carbons (Fsp3) is 0.250. The SMILES string of the molecule is C[C@@H]1CCc2c(sc3nc(SCc4ccc(F)cc4)n(-c4ccccc4)c(=O)c23)C1. The average Bonchev–Trinajstić information content (AvgIpc) is 3.11. The molecule has 0 fully saturated rings. The molecule has 0 bridgehead atoms. The van der Waals surface area contributed by atoms with Crippen molar-refractivity contribution in [3.05, 3.63) is 86.8 Å². The topological polar surface area (TPSA) is 34.9 Å². The van der Waals surface area contributed by atoms with E-state index < -0.39 is 0 Å². The predicted octanol–water partition coefficient (Wildman–Crippen LogP) is 6.00. The number of hydrogen-bond donors (Lipinski definition) is 0. The van der Waals surface area contributed by atoms with Gasteiger partial charge in [-0.2, -0.15) is 0 Å². The zero-order valence-electron chi connectivity index (χ0n) is 16.6. The van der Waals surface area contributed by atoms with E-state index >= 15 is 0 Å². The highest BCUT2D eigenvalue weighted by molar-refractivity contribution is 7.98. The van der Waals surface area contributed by atoms with Crippen LogP contribution in [0.5, 0.6) is 0 Å². The lowest BCUT2D eigenvalue weighted by atomic mass is 9.89. The number of hydrogen-bond acceptors (Lipinski definition) is 4. The summed E-state index contributed by atoms with van der Waals surface area (Å²) in [6.07, 6.45) is 3.09. The molecule has 1 aliphatic rings.